The second-order valence-corrected chi connectivity index (χ2v) is 6.87. The molecule has 1 heterocycles. The Bertz CT molecular complexity index is 978. The van der Waals surface area contributed by atoms with Crippen LogP contribution in [0.25, 0.3) is 11.3 Å². The molecule has 27 heavy (non-hydrogen) atoms. The number of nitrogens with two attached hydrogens (primary N) is 1. The van der Waals surface area contributed by atoms with Gasteiger partial charge in [-0.15, -0.1) is 0 Å². The van der Waals surface area contributed by atoms with Crippen LogP contribution < -0.4 is 10.5 Å². The van der Waals surface area contributed by atoms with Gasteiger partial charge < -0.3 is 10.5 Å². The van der Waals surface area contributed by atoms with Gasteiger partial charge in [0.05, 0.1) is 11.5 Å². The summed E-state index contributed by atoms with van der Waals surface area (Å²) < 4.78 is 6.04. The van der Waals surface area contributed by atoms with E-state index >= 15 is 0 Å². The van der Waals surface area contributed by atoms with Gasteiger partial charge in [-0.05, 0) is 44.2 Å². The number of hydrogen-bond donors (Lipinski definition) is 1. The summed E-state index contributed by atoms with van der Waals surface area (Å²) in [5.74, 6) is 1.09. The number of aromatic nitrogens is 1. The lowest BCUT2D eigenvalue weighted by Gasteiger charge is -2.14. The number of aryl methyl sites for hydroxylation is 1. The van der Waals surface area contributed by atoms with Gasteiger partial charge in [-0.25, -0.2) is 9.98 Å². The topological polar surface area (TPSA) is 60.5 Å². The van der Waals surface area contributed by atoms with E-state index in [1.54, 1.807) is 25.1 Å². The smallest absolute Gasteiger partial charge is 0.146 e. The normalized spacial score (nSPS) is 11.5. The number of aliphatic imine (C=N–C) groups is 1. The molecule has 138 valence electrons. The number of nitrogens with zero attached hydrogens (tertiary/aromatic N) is 2. The summed E-state index contributed by atoms with van der Waals surface area (Å²) in [6.07, 6.45) is 0. The molecule has 3 rings (SSSR count). The minimum Gasteiger partial charge on any atom is -0.487 e. The van der Waals surface area contributed by atoms with Crippen molar-refractivity contribution < 1.29 is 4.74 Å². The Morgan fingerprint density at radius 2 is 1.74 bits per heavy atom. The Kier molecular flexibility index (Phi) is 5.99. The molecule has 0 saturated heterocycles. The molecule has 0 unspecified atom stereocenters. The quantitative estimate of drug-likeness (QED) is 0.425. The Balaban J connectivity index is 2.01. The van der Waals surface area contributed by atoms with Gasteiger partial charge in [0.25, 0.3) is 0 Å². The predicted molar refractivity (Wildman–Crippen MR) is 112 cm³/mol. The molecule has 0 saturated carbocycles. The molecule has 2 aromatic carbocycles. The van der Waals surface area contributed by atoms with Crippen LogP contribution in [0.5, 0.6) is 5.75 Å². The number of pyridine rings is 1. The van der Waals surface area contributed by atoms with E-state index in [9.17, 15) is 0 Å². The van der Waals surface area contributed by atoms with Gasteiger partial charge in [0.1, 0.15) is 18.1 Å². The van der Waals surface area contributed by atoms with Crippen molar-refractivity contribution in [1.29, 1.82) is 0 Å². The average molecular weight is 400 g/mol. The summed E-state index contributed by atoms with van der Waals surface area (Å²) in [5.41, 5.74) is 9.65. The summed E-state index contributed by atoms with van der Waals surface area (Å²) in [7, 11) is 0. The van der Waals surface area contributed by atoms with Crippen molar-refractivity contribution in [2.45, 2.75) is 20.5 Å². The molecule has 0 aliphatic rings. The summed E-state index contributed by atoms with van der Waals surface area (Å²) >= 11 is 12.5. The zero-order valence-corrected chi connectivity index (χ0v) is 16.6. The van der Waals surface area contributed by atoms with Crippen LogP contribution in [0, 0.1) is 6.92 Å². The molecule has 1 aromatic heterocycles. The summed E-state index contributed by atoms with van der Waals surface area (Å²) in [6, 6.07) is 16.8. The number of ether oxygens (including phenoxy) is 1. The van der Waals surface area contributed by atoms with E-state index in [1.807, 2.05) is 43.3 Å². The maximum absolute atomic E-state index is 6.25. The Morgan fingerprint density at radius 1 is 1.04 bits per heavy atom. The van der Waals surface area contributed by atoms with Crippen LogP contribution >= 0.6 is 23.2 Å². The molecule has 0 radical (unpaired) electrons. The standard InChI is InChI=1S/C21H19Cl2N3O/c1-13-10-11-20(27-12-16-17(22)7-5-8-18(16)23)21(25-13)15-6-3-4-9-19(15)26-14(2)24/h3-11H,12H2,1-2H3,(H2,24,26). The van der Waals surface area contributed by atoms with Crippen LogP contribution in [0.15, 0.2) is 59.6 Å². The monoisotopic (exact) mass is 399 g/mol. The first-order valence-corrected chi connectivity index (χ1v) is 9.15. The first kappa shape index (κ1) is 19.2. The third-order valence-electron chi connectivity index (χ3n) is 3.89. The van der Waals surface area contributed by atoms with Crippen molar-refractivity contribution in [2.24, 2.45) is 10.7 Å². The minimum atomic E-state index is 0.234. The zero-order valence-electron chi connectivity index (χ0n) is 15.0. The van der Waals surface area contributed by atoms with Crippen molar-refractivity contribution in [2.75, 3.05) is 0 Å². The second-order valence-electron chi connectivity index (χ2n) is 6.06. The van der Waals surface area contributed by atoms with Gasteiger partial charge in [-0.1, -0.05) is 47.5 Å². The van der Waals surface area contributed by atoms with Crippen LogP contribution in [-0.4, -0.2) is 10.8 Å². The van der Waals surface area contributed by atoms with Gasteiger partial charge in [-0.3, -0.25) is 0 Å². The van der Waals surface area contributed by atoms with Crippen molar-refractivity contribution in [1.82, 2.24) is 4.98 Å². The van der Waals surface area contributed by atoms with Crippen molar-refractivity contribution in [3.8, 4) is 17.0 Å². The maximum atomic E-state index is 6.25. The lowest BCUT2D eigenvalue weighted by molar-refractivity contribution is 0.306. The van der Waals surface area contributed by atoms with Crippen molar-refractivity contribution in [3.05, 3.63) is 75.9 Å². The molecule has 4 nitrogen and oxygen atoms in total. The Labute approximate surface area is 168 Å². The fourth-order valence-corrected chi connectivity index (χ4v) is 3.14. The first-order chi connectivity index (χ1) is 13.0. The van der Waals surface area contributed by atoms with Gasteiger partial charge in [0.2, 0.25) is 0 Å². The van der Waals surface area contributed by atoms with Crippen LogP contribution in [0.4, 0.5) is 5.69 Å². The average Bonchev–Trinajstić information content (AvgIpc) is 2.62. The number of rotatable bonds is 5. The van der Waals surface area contributed by atoms with E-state index in [1.165, 1.54) is 0 Å². The van der Waals surface area contributed by atoms with E-state index < -0.39 is 0 Å². The Hall–Kier alpha value is -2.56. The van der Waals surface area contributed by atoms with E-state index in [0.29, 0.717) is 27.3 Å². The zero-order chi connectivity index (χ0) is 19.4. The fourth-order valence-electron chi connectivity index (χ4n) is 2.63. The highest BCUT2D eigenvalue weighted by atomic mass is 35.5. The molecule has 0 aliphatic heterocycles. The van der Waals surface area contributed by atoms with Crippen LogP contribution in [0.3, 0.4) is 0 Å². The number of amidine groups is 1. The maximum Gasteiger partial charge on any atom is 0.146 e. The Morgan fingerprint density at radius 3 is 2.44 bits per heavy atom. The van der Waals surface area contributed by atoms with Crippen LogP contribution in [0.1, 0.15) is 18.2 Å². The molecular weight excluding hydrogens is 381 g/mol. The van der Waals surface area contributed by atoms with Crippen LogP contribution in [0.2, 0.25) is 10.0 Å². The molecular formula is C21H19Cl2N3O. The lowest BCUT2D eigenvalue weighted by atomic mass is 10.1. The molecule has 0 bridgehead atoms. The third-order valence-corrected chi connectivity index (χ3v) is 4.60. The summed E-state index contributed by atoms with van der Waals surface area (Å²) in [6.45, 7) is 3.91. The van der Waals surface area contributed by atoms with Gasteiger partial charge >= 0.3 is 0 Å². The molecule has 0 atom stereocenters. The van der Waals surface area contributed by atoms with Crippen molar-refractivity contribution in [3.63, 3.8) is 0 Å². The van der Waals surface area contributed by atoms with Gasteiger partial charge in [-0.2, -0.15) is 0 Å². The minimum absolute atomic E-state index is 0.234. The fraction of sp³-hybridized carbons (Fsp3) is 0.143. The molecule has 3 aromatic rings. The van der Waals surface area contributed by atoms with E-state index in [-0.39, 0.29) is 6.61 Å². The highest BCUT2D eigenvalue weighted by Gasteiger charge is 2.14. The molecule has 0 spiro atoms. The molecule has 0 aliphatic carbocycles. The number of para-hydroxylation sites is 1. The van der Waals surface area contributed by atoms with E-state index in [2.05, 4.69) is 9.98 Å². The third kappa shape index (κ3) is 4.59. The van der Waals surface area contributed by atoms with Crippen molar-refractivity contribution >= 4 is 34.7 Å². The SMILES string of the molecule is CC(N)=Nc1ccccc1-c1nc(C)ccc1OCc1c(Cl)cccc1Cl. The number of halogens is 2. The second kappa shape index (κ2) is 8.42. The van der Waals surface area contributed by atoms with Crippen LogP contribution in [-0.2, 0) is 6.61 Å². The first-order valence-electron chi connectivity index (χ1n) is 8.39. The molecule has 6 heteroatoms. The largest absolute Gasteiger partial charge is 0.487 e. The van der Waals surface area contributed by atoms with E-state index in [4.69, 9.17) is 33.7 Å². The van der Waals surface area contributed by atoms with Gasteiger partial charge in [0, 0.05) is 26.9 Å². The predicted octanol–water partition coefficient (Wildman–Crippen LogP) is 5.95. The lowest BCUT2D eigenvalue weighted by Crippen LogP contribution is -2.04. The number of benzene rings is 2. The molecule has 0 fully saturated rings. The highest BCUT2D eigenvalue weighted by molar-refractivity contribution is 6.35. The highest BCUT2D eigenvalue weighted by Crippen LogP contribution is 2.36. The molecule has 2 N–H and O–H groups in total. The van der Waals surface area contributed by atoms with Gasteiger partial charge in [0.15, 0.2) is 0 Å². The summed E-state index contributed by atoms with van der Waals surface area (Å²) in [5, 5.41) is 1.13. The van der Waals surface area contributed by atoms with E-state index in [0.717, 1.165) is 22.5 Å². The summed E-state index contributed by atoms with van der Waals surface area (Å²) in [4.78, 5) is 9.08. The number of hydrogen-bond acceptors (Lipinski definition) is 3. The molecule has 0 amide bonds.